The van der Waals surface area contributed by atoms with Crippen LogP contribution in [0.2, 0.25) is 0 Å². The minimum atomic E-state index is -1.40. The number of halogens is 3. The highest BCUT2D eigenvalue weighted by molar-refractivity contribution is 5.19. The van der Waals surface area contributed by atoms with Gasteiger partial charge in [-0.25, -0.2) is 13.2 Å². The summed E-state index contributed by atoms with van der Waals surface area (Å²) in [5, 5.41) is 3.35. The zero-order chi connectivity index (χ0) is 13.4. The first-order chi connectivity index (χ1) is 9.13. The Morgan fingerprint density at radius 2 is 1.74 bits per heavy atom. The minimum Gasteiger partial charge on any atom is -0.308 e. The van der Waals surface area contributed by atoms with Gasteiger partial charge in [0.25, 0.3) is 0 Å². The summed E-state index contributed by atoms with van der Waals surface area (Å²) in [5.74, 6) is -2.98. The Kier molecular flexibility index (Phi) is 3.50. The van der Waals surface area contributed by atoms with E-state index in [1.165, 1.54) is 12.8 Å². The summed E-state index contributed by atoms with van der Waals surface area (Å²) in [6.45, 7) is 3.69. The van der Waals surface area contributed by atoms with Gasteiger partial charge in [-0.2, -0.15) is 0 Å². The Labute approximate surface area is 110 Å². The van der Waals surface area contributed by atoms with E-state index in [-0.39, 0.29) is 0 Å². The third-order valence-corrected chi connectivity index (χ3v) is 4.27. The highest BCUT2D eigenvalue weighted by Gasteiger charge is 2.33. The summed E-state index contributed by atoms with van der Waals surface area (Å²) in [5.41, 5.74) is 0.452. The second kappa shape index (κ2) is 5.13. The van der Waals surface area contributed by atoms with Crippen LogP contribution in [0.1, 0.15) is 18.4 Å². The standard InChI is InChI=1S/C14H17F3N2/c15-11-5-9(6-12(16)14(11)17)7-18-13-8-19-3-1-10(13)2-4-19/h5-6,10,13,18H,1-4,7-8H2. The molecule has 5 heteroatoms. The predicted octanol–water partition coefficient (Wildman–Crippen LogP) is 2.29. The van der Waals surface area contributed by atoms with Crippen molar-refractivity contribution in [2.45, 2.75) is 25.4 Å². The maximum absolute atomic E-state index is 13.1. The number of nitrogens with zero attached hydrogens (tertiary/aromatic N) is 1. The summed E-state index contributed by atoms with van der Waals surface area (Å²) in [6.07, 6.45) is 2.37. The number of hydrogen-bond acceptors (Lipinski definition) is 2. The van der Waals surface area contributed by atoms with Gasteiger partial charge in [0, 0.05) is 19.1 Å². The molecule has 3 fully saturated rings. The van der Waals surface area contributed by atoms with Crippen LogP contribution in [0.25, 0.3) is 0 Å². The fraction of sp³-hybridized carbons (Fsp3) is 0.571. The van der Waals surface area contributed by atoms with Crippen molar-refractivity contribution in [3.05, 3.63) is 35.1 Å². The van der Waals surface area contributed by atoms with Crippen LogP contribution in [-0.2, 0) is 6.54 Å². The number of piperidine rings is 3. The van der Waals surface area contributed by atoms with Gasteiger partial charge in [-0.3, -0.25) is 0 Å². The zero-order valence-corrected chi connectivity index (χ0v) is 10.6. The Hall–Kier alpha value is -1.07. The van der Waals surface area contributed by atoms with Crippen LogP contribution in [0.3, 0.4) is 0 Å². The van der Waals surface area contributed by atoms with E-state index in [0.29, 0.717) is 24.1 Å². The maximum atomic E-state index is 13.1. The molecule has 0 saturated carbocycles. The van der Waals surface area contributed by atoms with E-state index in [1.807, 2.05) is 0 Å². The fourth-order valence-electron chi connectivity index (χ4n) is 3.16. The first-order valence-electron chi connectivity index (χ1n) is 6.72. The zero-order valence-electron chi connectivity index (χ0n) is 10.6. The van der Waals surface area contributed by atoms with Crippen molar-refractivity contribution < 1.29 is 13.2 Å². The van der Waals surface area contributed by atoms with Gasteiger partial charge >= 0.3 is 0 Å². The van der Waals surface area contributed by atoms with Crippen molar-refractivity contribution in [1.82, 2.24) is 10.2 Å². The van der Waals surface area contributed by atoms with E-state index in [1.54, 1.807) is 0 Å². The molecule has 3 aliphatic rings. The second-order valence-electron chi connectivity index (χ2n) is 5.50. The normalized spacial score (nSPS) is 29.7. The number of benzene rings is 1. The highest BCUT2D eigenvalue weighted by atomic mass is 19.2. The van der Waals surface area contributed by atoms with E-state index >= 15 is 0 Å². The molecule has 3 aliphatic heterocycles. The lowest BCUT2D eigenvalue weighted by molar-refractivity contribution is 0.0720. The van der Waals surface area contributed by atoms with Crippen LogP contribution in [0.5, 0.6) is 0 Å². The average Bonchev–Trinajstić information content (AvgIpc) is 2.43. The third kappa shape index (κ3) is 2.62. The Morgan fingerprint density at radius 1 is 1.11 bits per heavy atom. The molecule has 0 amide bonds. The van der Waals surface area contributed by atoms with E-state index in [9.17, 15) is 13.2 Å². The van der Waals surface area contributed by atoms with E-state index < -0.39 is 17.5 Å². The number of fused-ring (bicyclic) bond motifs is 3. The van der Waals surface area contributed by atoms with Crippen molar-refractivity contribution in [3.63, 3.8) is 0 Å². The minimum absolute atomic E-state index is 0.374. The van der Waals surface area contributed by atoms with Crippen molar-refractivity contribution in [2.75, 3.05) is 19.6 Å². The van der Waals surface area contributed by atoms with Gasteiger partial charge in [0.05, 0.1) is 0 Å². The van der Waals surface area contributed by atoms with Gasteiger partial charge in [-0.15, -0.1) is 0 Å². The summed E-state index contributed by atoms with van der Waals surface area (Å²) in [6, 6.07) is 2.50. The predicted molar refractivity (Wildman–Crippen MR) is 66.1 cm³/mol. The Bertz CT molecular complexity index is 447. The van der Waals surface area contributed by atoms with E-state index in [4.69, 9.17) is 0 Å². The molecule has 2 nitrogen and oxygen atoms in total. The van der Waals surface area contributed by atoms with Gasteiger partial charge in [0.2, 0.25) is 0 Å². The van der Waals surface area contributed by atoms with Crippen LogP contribution < -0.4 is 5.32 Å². The Morgan fingerprint density at radius 3 is 2.26 bits per heavy atom. The highest BCUT2D eigenvalue weighted by Crippen LogP contribution is 2.27. The van der Waals surface area contributed by atoms with Crippen LogP contribution >= 0.6 is 0 Å². The molecule has 4 rings (SSSR count). The third-order valence-electron chi connectivity index (χ3n) is 4.27. The van der Waals surface area contributed by atoms with Crippen molar-refractivity contribution in [2.24, 2.45) is 5.92 Å². The summed E-state index contributed by atoms with van der Waals surface area (Å²) in [4.78, 5) is 2.41. The molecule has 3 saturated heterocycles. The van der Waals surface area contributed by atoms with Gasteiger partial charge < -0.3 is 10.2 Å². The van der Waals surface area contributed by atoms with Gasteiger partial charge in [-0.1, -0.05) is 0 Å². The van der Waals surface area contributed by atoms with Crippen molar-refractivity contribution in [3.8, 4) is 0 Å². The quantitative estimate of drug-likeness (QED) is 0.848. The number of nitrogens with one attached hydrogen (secondary N) is 1. The molecule has 104 valence electrons. The van der Waals surface area contributed by atoms with Crippen LogP contribution in [0.4, 0.5) is 13.2 Å². The molecule has 1 aromatic carbocycles. The molecular formula is C14H17F3N2. The number of rotatable bonds is 3. The number of hydrogen-bond donors (Lipinski definition) is 1. The first kappa shape index (κ1) is 12.9. The second-order valence-corrected chi connectivity index (χ2v) is 5.50. The molecule has 0 aliphatic carbocycles. The molecule has 1 N–H and O–H groups in total. The monoisotopic (exact) mass is 270 g/mol. The molecule has 19 heavy (non-hydrogen) atoms. The molecule has 0 spiro atoms. The van der Waals surface area contributed by atoms with Gasteiger partial charge in [0.1, 0.15) is 0 Å². The molecular weight excluding hydrogens is 253 g/mol. The molecule has 1 aromatic rings. The van der Waals surface area contributed by atoms with Crippen LogP contribution in [-0.4, -0.2) is 30.6 Å². The first-order valence-corrected chi connectivity index (χ1v) is 6.72. The van der Waals surface area contributed by atoms with Crippen LogP contribution in [0, 0.1) is 23.4 Å². The average molecular weight is 270 g/mol. The van der Waals surface area contributed by atoms with Gasteiger partial charge in [0.15, 0.2) is 17.5 Å². The van der Waals surface area contributed by atoms with Crippen molar-refractivity contribution in [1.29, 1.82) is 0 Å². The lowest BCUT2D eigenvalue weighted by atomic mass is 9.84. The summed E-state index contributed by atoms with van der Waals surface area (Å²) < 4.78 is 39.1. The van der Waals surface area contributed by atoms with Crippen molar-refractivity contribution >= 4 is 0 Å². The summed E-state index contributed by atoms with van der Waals surface area (Å²) >= 11 is 0. The molecule has 2 bridgehead atoms. The smallest absolute Gasteiger partial charge is 0.194 e. The van der Waals surface area contributed by atoms with Crippen LogP contribution in [0.15, 0.2) is 12.1 Å². The maximum Gasteiger partial charge on any atom is 0.194 e. The SMILES string of the molecule is Fc1cc(CNC2CN3CCC2CC3)cc(F)c1F. The molecule has 1 atom stereocenters. The Balaban J connectivity index is 1.63. The molecule has 0 aromatic heterocycles. The van der Waals surface area contributed by atoms with E-state index in [2.05, 4.69) is 10.2 Å². The lowest BCUT2D eigenvalue weighted by Gasteiger charge is -2.45. The fourth-order valence-corrected chi connectivity index (χ4v) is 3.16. The molecule has 3 heterocycles. The summed E-state index contributed by atoms with van der Waals surface area (Å²) in [7, 11) is 0. The van der Waals surface area contributed by atoms with Gasteiger partial charge in [-0.05, 0) is 49.5 Å². The molecule has 1 unspecified atom stereocenters. The topological polar surface area (TPSA) is 15.3 Å². The van der Waals surface area contributed by atoms with E-state index in [0.717, 1.165) is 31.8 Å². The lowest BCUT2D eigenvalue weighted by Crippen LogP contribution is -2.55. The largest absolute Gasteiger partial charge is 0.308 e. The molecule has 0 radical (unpaired) electrons.